The average Bonchev–Trinajstić information content (AvgIpc) is 2.00. The van der Waals surface area contributed by atoms with E-state index in [9.17, 15) is 21.6 Å². The first-order chi connectivity index (χ1) is 6.19. The van der Waals surface area contributed by atoms with Crippen molar-refractivity contribution in [3.63, 3.8) is 0 Å². The Morgan fingerprint density at radius 1 is 1.36 bits per heavy atom. The minimum absolute atomic E-state index is 0.104. The molecule has 14 heavy (non-hydrogen) atoms. The lowest BCUT2D eigenvalue weighted by Gasteiger charge is -2.14. The van der Waals surface area contributed by atoms with E-state index >= 15 is 0 Å². The second-order valence-electron chi connectivity index (χ2n) is 2.85. The van der Waals surface area contributed by atoms with E-state index in [0.29, 0.717) is 0 Å². The zero-order valence-electron chi connectivity index (χ0n) is 7.85. The summed E-state index contributed by atoms with van der Waals surface area (Å²) in [6.45, 7) is -0.0915. The quantitative estimate of drug-likeness (QED) is 0.708. The molecule has 0 radical (unpaired) electrons. The third-order valence-corrected chi connectivity index (χ3v) is 3.27. The van der Waals surface area contributed by atoms with Gasteiger partial charge in [0.2, 0.25) is 10.0 Å². The Morgan fingerprint density at radius 2 is 1.86 bits per heavy atom. The van der Waals surface area contributed by atoms with Gasteiger partial charge in [0, 0.05) is 6.54 Å². The smallest absolute Gasteiger partial charge is 0.318 e. The predicted molar refractivity (Wildman–Crippen MR) is 46.4 cm³/mol. The van der Waals surface area contributed by atoms with Crippen LogP contribution in [0.2, 0.25) is 0 Å². The van der Waals surface area contributed by atoms with Gasteiger partial charge in [0.25, 0.3) is 0 Å². The van der Waals surface area contributed by atoms with Crippen LogP contribution in [0.4, 0.5) is 13.2 Å². The molecule has 0 aliphatic rings. The summed E-state index contributed by atoms with van der Waals surface area (Å²) < 4.78 is 58.8. The van der Waals surface area contributed by atoms with E-state index in [0.717, 1.165) is 0 Å². The molecule has 0 saturated heterocycles. The number of alkyl halides is 3. The summed E-state index contributed by atoms with van der Waals surface area (Å²) in [4.78, 5) is 0. The van der Waals surface area contributed by atoms with Crippen molar-refractivity contribution in [3.05, 3.63) is 0 Å². The van der Waals surface area contributed by atoms with Crippen molar-refractivity contribution in [3.8, 4) is 0 Å². The number of hydrogen-bond acceptors (Lipinski definition) is 3. The number of nitrogens with one attached hydrogen (secondary N) is 2. The maximum absolute atomic E-state index is 11.7. The minimum Gasteiger partial charge on any atom is -0.318 e. The number of rotatable bonds is 5. The van der Waals surface area contributed by atoms with Crippen LogP contribution in [-0.2, 0) is 10.0 Å². The largest absolute Gasteiger partial charge is 0.402 e. The van der Waals surface area contributed by atoms with Crippen LogP contribution in [0.25, 0.3) is 0 Å². The van der Waals surface area contributed by atoms with Crippen LogP contribution in [-0.4, -0.2) is 40.0 Å². The summed E-state index contributed by atoms with van der Waals surface area (Å²) in [5, 5.41) is 1.68. The highest BCUT2D eigenvalue weighted by Gasteiger charge is 2.31. The molecule has 0 amide bonds. The van der Waals surface area contributed by atoms with Gasteiger partial charge in [0.1, 0.15) is 6.54 Å². The van der Waals surface area contributed by atoms with Crippen LogP contribution in [0.15, 0.2) is 0 Å². The van der Waals surface area contributed by atoms with Crippen LogP contribution < -0.4 is 10.0 Å². The molecular weight excluding hydrogens is 221 g/mol. The van der Waals surface area contributed by atoms with Gasteiger partial charge in [-0.1, -0.05) is 0 Å². The van der Waals surface area contributed by atoms with Crippen molar-refractivity contribution in [2.75, 3.05) is 20.1 Å². The second kappa shape index (κ2) is 4.94. The maximum Gasteiger partial charge on any atom is 0.402 e. The van der Waals surface area contributed by atoms with Gasteiger partial charge in [-0.2, -0.15) is 13.2 Å². The molecule has 2 N–H and O–H groups in total. The number of halogens is 3. The normalized spacial score (nSPS) is 15.5. The molecule has 4 nitrogen and oxygen atoms in total. The van der Waals surface area contributed by atoms with Gasteiger partial charge >= 0.3 is 6.18 Å². The lowest BCUT2D eigenvalue weighted by atomic mass is 10.5. The third kappa shape index (κ3) is 5.40. The molecule has 0 aromatic heterocycles. The van der Waals surface area contributed by atoms with Crippen LogP contribution in [0.1, 0.15) is 6.92 Å². The zero-order chi connectivity index (χ0) is 11.4. The summed E-state index contributed by atoms with van der Waals surface area (Å²) in [5.74, 6) is 0. The van der Waals surface area contributed by atoms with E-state index in [4.69, 9.17) is 0 Å². The van der Waals surface area contributed by atoms with E-state index in [1.54, 1.807) is 0 Å². The molecule has 8 heteroatoms. The second-order valence-corrected chi connectivity index (χ2v) is 5.03. The van der Waals surface area contributed by atoms with Crippen LogP contribution >= 0.6 is 0 Å². The van der Waals surface area contributed by atoms with Gasteiger partial charge in [0.15, 0.2) is 0 Å². The van der Waals surface area contributed by atoms with E-state index in [1.807, 2.05) is 0 Å². The summed E-state index contributed by atoms with van der Waals surface area (Å²) >= 11 is 0. The molecule has 0 heterocycles. The van der Waals surface area contributed by atoms with Gasteiger partial charge in [-0.25, -0.2) is 13.1 Å². The van der Waals surface area contributed by atoms with E-state index in [2.05, 4.69) is 5.32 Å². The highest BCUT2D eigenvalue weighted by Crippen LogP contribution is 2.13. The van der Waals surface area contributed by atoms with Crippen molar-refractivity contribution < 1.29 is 21.6 Å². The van der Waals surface area contributed by atoms with Gasteiger partial charge in [0.05, 0.1) is 5.25 Å². The van der Waals surface area contributed by atoms with Gasteiger partial charge in [-0.3, -0.25) is 0 Å². The number of sulfonamides is 1. The van der Waals surface area contributed by atoms with Crippen LogP contribution in [0.5, 0.6) is 0 Å². The molecule has 0 aliphatic carbocycles. The molecule has 0 saturated carbocycles. The summed E-state index contributed by atoms with van der Waals surface area (Å²) in [7, 11) is -2.36. The number of hydrogen-bond donors (Lipinski definition) is 2. The Kier molecular flexibility index (Phi) is 4.82. The molecule has 0 rings (SSSR count). The van der Waals surface area contributed by atoms with E-state index in [-0.39, 0.29) is 6.54 Å². The first-order valence-electron chi connectivity index (χ1n) is 3.89. The Morgan fingerprint density at radius 3 is 2.21 bits per heavy atom. The van der Waals surface area contributed by atoms with Crippen molar-refractivity contribution >= 4 is 10.0 Å². The van der Waals surface area contributed by atoms with Crippen molar-refractivity contribution in [1.29, 1.82) is 0 Å². The minimum atomic E-state index is -4.52. The Bertz CT molecular complexity index is 263. The van der Waals surface area contributed by atoms with Crippen LogP contribution in [0.3, 0.4) is 0 Å². The highest BCUT2D eigenvalue weighted by molar-refractivity contribution is 7.90. The van der Waals surface area contributed by atoms with Crippen molar-refractivity contribution in [1.82, 2.24) is 10.0 Å². The standard InChI is InChI=1S/C6H13F3N2O2S/c1-5(3-10-2)14(12,13)11-4-6(7,8)9/h5,10-11H,3-4H2,1-2H3. The third-order valence-electron chi connectivity index (χ3n) is 1.50. The molecule has 86 valence electrons. The lowest BCUT2D eigenvalue weighted by Crippen LogP contribution is -2.42. The molecular formula is C6H13F3N2O2S. The maximum atomic E-state index is 11.7. The SMILES string of the molecule is CNCC(C)S(=O)(=O)NCC(F)(F)F. The Labute approximate surface area is 80.9 Å². The van der Waals surface area contributed by atoms with Crippen molar-refractivity contribution in [2.45, 2.75) is 18.3 Å². The first kappa shape index (κ1) is 13.7. The molecule has 1 atom stereocenters. The molecule has 1 unspecified atom stereocenters. The molecule has 0 spiro atoms. The van der Waals surface area contributed by atoms with Gasteiger partial charge in [-0.05, 0) is 14.0 Å². The Balaban J connectivity index is 4.22. The fourth-order valence-electron chi connectivity index (χ4n) is 0.722. The topological polar surface area (TPSA) is 58.2 Å². The predicted octanol–water partition coefficient (Wildman–Crippen LogP) is 0.0760. The Hall–Kier alpha value is -0.340. The van der Waals surface area contributed by atoms with Crippen molar-refractivity contribution in [2.24, 2.45) is 0 Å². The fraction of sp³-hybridized carbons (Fsp3) is 1.00. The lowest BCUT2D eigenvalue weighted by molar-refractivity contribution is -0.121. The van der Waals surface area contributed by atoms with E-state index < -0.39 is 28.0 Å². The molecule has 0 aromatic rings. The molecule has 0 bridgehead atoms. The van der Waals surface area contributed by atoms with Gasteiger partial charge < -0.3 is 5.32 Å². The fourth-order valence-corrected chi connectivity index (χ4v) is 1.76. The van der Waals surface area contributed by atoms with E-state index in [1.165, 1.54) is 18.7 Å². The van der Waals surface area contributed by atoms with Gasteiger partial charge in [-0.15, -0.1) is 0 Å². The zero-order valence-corrected chi connectivity index (χ0v) is 8.67. The first-order valence-corrected chi connectivity index (χ1v) is 5.43. The molecule has 0 aromatic carbocycles. The average molecular weight is 234 g/mol. The monoisotopic (exact) mass is 234 g/mol. The van der Waals surface area contributed by atoms with Crippen LogP contribution in [0, 0.1) is 0 Å². The highest BCUT2D eigenvalue weighted by atomic mass is 32.2. The summed E-state index contributed by atoms with van der Waals surface area (Å²) in [6.07, 6.45) is -4.52. The summed E-state index contributed by atoms with van der Waals surface area (Å²) in [5.41, 5.74) is 0. The molecule has 0 fully saturated rings. The molecule has 0 aliphatic heterocycles. The summed E-state index contributed by atoms with van der Waals surface area (Å²) in [6, 6.07) is 0.